The summed E-state index contributed by atoms with van der Waals surface area (Å²) in [6, 6.07) is 11.7. The lowest BCUT2D eigenvalue weighted by molar-refractivity contribution is -0.147. The number of hydrogen-bond acceptors (Lipinski definition) is 5. The molecule has 5 heteroatoms. The van der Waals surface area contributed by atoms with Gasteiger partial charge in [0.15, 0.2) is 6.10 Å². The van der Waals surface area contributed by atoms with Crippen molar-refractivity contribution in [2.45, 2.75) is 26.4 Å². The number of nitrogens with zero attached hydrogens (tertiary/aromatic N) is 2. The average molecular weight is 312 g/mol. The van der Waals surface area contributed by atoms with Gasteiger partial charge in [-0.15, -0.1) is 11.3 Å². The number of esters is 1. The maximum absolute atomic E-state index is 12.0. The molecule has 0 amide bonds. The van der Waals surface area contributed by atoms with Crippen LogP contribution in [0.5, 0.6) is 0 Å². The Bertz CT molecular complexity index is 763. The van der Waals surface area contributed by atoms with E-state index in [1.54, 1.807) is 17.5 Å². The lowest BCUT2D eigenvalue weighted by Gasteiger charge is -2.10. The molecule has 0 N–H and O–H groups in total. The summed E-state index contributed by atoms with van der Waals surface area (Å²) in [6.45, 7) is 3.76. The molecule has 1 aromatic carbocycles. The Labute approximate surface area is 132 Å². The van der Waals surface area contributed by atoms with Crippen molar-refractivity contribution in [2.24, 2.45) is 0 Å². The zero-order valence-corrected chi connectivity index (χ0v) is 13.3. The van der Waals surface area contributed by atoms with Gasteiger partial charge in [-0.2, -0.15) is 0 Å². The van der Waals surface area contributed by atoms with Crippen molar-refractivity contribution in [3.05, 3.63) is 58.9 Å². The summed E-state index contributed by atoms with van der Waals surface area (Å²) in [5, 5.41) is 0.816. The minimum absolute atomic E-state index is 0.225. The van der Waals surface area contributed by atoms with E-state index in [4.69, 9.17) is 4.74 Å². The first-order chi connectivity index (χ1) is 10.6. The highest BCUT2D eigenvalue weighted by Crippen LogP contribution is 2.28. The third-order valence-electron chi connectivity index (χ3n) is 3.29. The number of ether oxygens (including phenoxy) is 1. The number of carbonyl (C=O) groups is 1. The van der Waals surface area contributed by atoms with Crippen molar-refractivity contribution in [1.29, 1.82) is 0 Å². The van der Waals surface area contributed by atoms with Crippen LogP contribution in [0, 0.1) is 6.92 Å². The number of para-hydroxylation sites is 1. The van der Waals surface area contributed by atoms with Gasteiger partial charge in [0.25, 0.3) is 0 Å². The molecule has 0 aliphatic carbocycles. The first-order valence-corrected chi connectivity index (χ1v) is 7.90. The third-order valence-corrected chi connectivity index (χ3v) is 4.48. The summed E-state index contributed by atoms with van der Waals surface area (Å²) in [7, 11) is 0. The lowest BCUT2D eigenvalue weighted by Crippen LogP contribution is -2.11. The quantitative estimate of drug-likeness (QED) is 0.687. The third kappa shape index (κ3) is 3.31. The Morgan fingerprint density at radius 3 is 2.82 bits per heavy atom. The van der Waals surface area contributed by atoms with Crippen LogP contribution >= 0.6 is 11.3 Å². The Hall–Kier alpha value is -2.27. The van der Waals surface area contributed by atoms with Gasteiger partial charge < -0.3 is 4.74 Å². The largest absolute Gasteiger partial charge is 0.455 e. The molecule has 0 bridgehead atoms. The monoisotopic (exact) mass is 312 g/mol. The van der Waals surface area contributed by atoms with E-state index >= 15 is 0 Å². The van der Waals surface area contributed by atoms with Crippen molar-refractivity contribution < 1.29 is 9.53 Å². The number of thiazole rings is 1. The van der Waals surface area contributed by atoms with E-state index in [0.29, 0.717) is 0 Å². The Kier molecular flexibility index (Phi) is 4.15. The second-order valence-electron chi connectivity index (χ2n) is 5.14. The number of rotatable bonds is 4. The van der Waals surface area contributed by atoms with Crippen LogP contribution in [-0.2, 0) is 16.0 Å². The molecule has 2 aromatic heterocycles. The van der Waals surface area contributed by atoms with E-state index in [2.05, 4.69) is 9.97 Å². The molecule has 0 fully saturated rings. The second kappa shape index (κ2) is 6.23. The molecule has 2 heterocycles. The number of fused-ring (bicyclic) bond motifs is 1. The highest BCUT2D eigenvalue weighted by Gasteiger charge is 2.16. The van der Waals surface area contributed by atoms with Gasteiger partial charge >= 0.3 is 5.97 Å². The molecule has 3 aromatic rings. The summed E-state index contributed by atoms with van der Waals surface area (Å²) in [6.07, 6.45) is 1.59. The molecule has 0 spiro atoms. The Morgan fingerprint density at radius 1 is 1.27 bits per heavy atom. The molecule has 1 atom stereocenters. The second-order valence-corrected chi connectivity index (χ2v) is 6.20. The summed E-state index contributed by atoms with van der Waals surface area (Å²) in [5.41, 5.74) is 2.72. The molecular formula is C17H16N2O2S. The van der Waals surface area contributed by atoms with Crippen LogP contribution in [0.2, 0.25) is 0 Å². The molecule has 1 unspecified atom stereocenters. The van der Waals surface area contributed by atoms with Gasteiger partial charge in [-0.05, 0) is 37.6 Å². The number of benzene rings is 1. The van der Waals surface area contributed by atoms with E-state index < -0.39 is 0 Å². The summed E-state index contributed by atoms with van der Waals surface area (Å²) < 4.78 is 6.58. The van der Waals surface area contributed by atoms with E-state index in [1.165, 1.54) is 0 Å². The normalized spacial score (nSPS) is 12.3. The molecule has 4 nitrogen and oxygen atoms in total. The van der Waals surface area contributed by atoms with Crippen molar-refractivity contribution in [2.75, 3.05) is 0 Å². The predicted molar refractivity (Wildman–Crippen MR) is 86.8 cm³/mol. The average Bonchev–Trinajstić information content (AvgIpc) is 2.93. The number of aromatic nitrogens is 2. The molecule has 0 radical (unpaired) electrons. The van der Waals surface area contributed by atoms with Crippen molar-refractivity contribution in [3.8, 4) is 0 Å². The van der Waals surface area contributed by atoms with Crippen LogP contribution in [0.4, 0.5) is 0 Å². The van der Waals surface area contributed by atoms with Crippen LogP contribution in [-0.4, -0.2) is 15.9 Å². The molecule has 0 aliphatic rings. The van der Waals surface area contributed by atoms with Crippen LogP contribution in [0.25, 0.3) is 10.2 Å². The van der Waals surface area contributed by atoms with Crippen molar-refractivity contribution >= 4 is 27.5 Å². The van der Waals surface area contributed by atoms with Crippen molar-refractivity contribution in [3.63, 3.8) is 0 Å². The van der Waals surface area contributed by atoms with Gasteiger partial charge in [-0.3, -0.25) is 9.78 Å². The maximum Gasteiger partial charge on any atom is 0.311 e. The Balaban J connectivity index is 1.66. The highest BCUT2D eigenvalue weighted by atomic mass is 32.1. The highest BCUT2D eigenvalue weighted by molar-refractivity contribution is 7.18. The fraction of sp³-hybridized carbons (Fsp3) is 0.235. The van der Waals surface area contributed by atoms with Crippen LogP contribution < -0.4 is 0 Å². The van der Waals surface area contributed by atoms with Gasteiger partial charge in [-0.1, -0.05) is 18.2 Å². The minimum Gasteiger partial charge on any atom is -0.455 e. The lowest BCUT2D eigenvalue weighted by atomic mass is 10.2. The number of carbonyl (C=O) groups excluding carboxylic acids is 1. The summed E-state index contributed by atoms with van der Waals surface area (Å²) >= 11 is 1.55. The van der Waals surface area contributed by atoms with E-state index in [0.717, 1.165) is 26.5 Å². The first-order valence-electron chi connectivity index (χ1n) is 7.08. The SMILES string of the molecule is Cc1ccc(CC(=O)OC(C)c2nc3ccccc3s2)cn1. The molecule has 3 rings (SSSR count). The van der Waals surface area contributed by atoms with Crippen LogP contribution in [0.15, 0.2) is 42.6 Å². The van der Waals surface area contributed by atoms with Crippen LogP contribution in [0.3, 0.4) is 0 Å². The predicted octanol–water partition coefficient (Wildman–Crippen LogP) is 3.85. The molecule has 0 aliphatic heterocycles. The molecule has 112 valence electrons. The fourth-order valence-electron chi connectivity index (χ4n) is 2.12. The zero-order chi connectivity index (χ0) is 15.5. The van der Waals surface area contributed by atoms with Gasteiger partial charge in [0.05, 0.1) is 16.6 Å². The first kappa shape index (κ1) is 14.7. The van der Waals surface area contributed by atoms with E-state index in [9.17, 15) is 4.79 Å². The fourth-order valence-corrected chi connectivity index (χ4v) is 3.07. The number of pyridine rings is 1. The van der Waals surface area contributed by atoms with E-state index in [-0.39, 0.29) is 18.5 Å². The van der Waals surface area contributed by atoms with Gasteiger partial charge in [0.1, 0.15) is 5.01 Å². The smallest absolute Gasteiger partial charge is 0.311 e. The number of hydrogen-bond donors (Lipinski definition) is 0. The van der Waals surface area contributed by atoms with Gasteiger partial charge in [0, 0.05) is 11.9 Å². The number of aryl methyl sites for hydroxylation is 1. The van der Waals surface area contributed by atoms with E-state index in [1.807, 2.05) is 50.2 Å². The molecule has 0 saturated carbocycles. The topological polar surface area (TPSA) is 52.1 Å². The standard InChI is InChI=1S/C17H16N2O2S/c1-11-7-8-13(10-18-11)9-16(20)21-12(2)17-19-14-5-3-4-6-15(14)22-17/h3-8,10,12H,9H2,1-2H3. The van der Waals surface area contributed by atoms with Gasteiger partial charge in [0.2, 0.25) is 0 Å². The molecular weight excluding hydrogens is 296 g/mol. The molecule has 22 heavy (non-hydrogen) atoms. The zero-order valence-electron chi connectivity index (χ0n) is 12.4. The Morgan fingerprint density at radius 2 is 2.09 bits per heavy atom. The maximum atomic E-state index is 12.0. The molecule has 0 saturated heterocycles. The summed E-state index contributed by atoms with van der Waals surface area (Å²) in [4.78, 5) is 20.7. The van der Waals surface area contributed by atoms with Crippen molar-refractivity contribution in [1.82, 2.24) is 9.97 Å². The van der Waals surface area contributed by atoms with Crippen LogP contribution in [0.1, 0.15) is 29.3 Å². The minimum atomic E-state index is -0.344. The van der Waals surface area contributed by atoms with Gasteiger partial charge in [-0.25, -0.2) is 4.98 Å². The summed E-state index contributed by atoms with van der Waals surface area (Å²) in [5.74, 6) is -0.266.